The third-order valence-electron chi connectivity index (χ3n) is 4.80. The van der Waals surface area contributed by atoms with Gasteiger partial charge in [-0.3, -0.25) is 0 Å². The van der Waals surface area contributed by atoms with Crippen LogP contribution >= 0.6 is 0 Å². The van der Waals surface area contributed by atoms with Crippen LogP contribution in [0.1, 0.15) is 35.7 Å². The van der Waals surface area contributed by atoms with Crippen LogP contribution in [0.3, 0.4) is 0 Å². The van der Waals surface area contributed by atoms with Crippen LogP contribution in [0.4, 0.5) is 0 Å². The number of methoxy groups -OCH3 is 1. The van der Waals surface area contributed by atoms with Gasteiger partial charge in [0.1, 0.15) is 5.75 Å². The second-order valence-corrected chi connectivity index (χ2v) is 8.41. The summed E-state index contributed by atoms with van der Waals surface area (Å²) in [7, 11) is -1.70. The van der Waals surface area contributed by atoms with Gasteiger partial charge in [0.2, 0.25) is 10.0 Å². The molecule has 0 aliphatic carbocycles. The van der Waals surface area contributed by atoms with Crippen LogP contribution in [0.15, 0.2) is 48.5 Å². The van der Waals surface area contributed by atoms with Crippen molar-refractivity contribution in [1.29, 1.82) is 0 Å². The zero-order valence-corrected chi connectivity index (χ0v) is 15.2. The fourth-order valence-corrected chi connectivity index (χ4v) is 5.04. The van der Waals surface area contributed by atoms with Crippen LogP contribution < -0.4 is 4.74 Å². The summed E-state index contributed by atoms with van der Waals surface area (Å²) in [5.41, 5.74) is 3.21. The molecule has 0 saturated carbocycles. The minimum atomic E-state index is -3.32. The highest BCUT2D eigenvalue weighted by Crippen LogP contribution is 2.54. The average Bonchev–Trinajstić information content (AvgIpc) is 2.54. The van der Waals surface area contributed by atoms with E-state index in [0.717, 1.165) is 16.9 Å². The Morgan fingerprint density at radius 1 is 0.917 bits per heavy atom. The van der Waals surface area contributed by atoms with E-state index in [1.807, 2.05) is 55.5 Å². The molecule has 0 aromatic heterocycles. The molecule has 3 rings (SSSR count). The van der Waals surface area contributed by atoms with Crippen LogP contribution in [-0.4, -0.2) is 26.1 Å². The molecule has 1 aliphatic heterocycles. The van der Waals surface area contributed by atoms with Gasteiger partial charge in [-0.2, -0.15) is 4.31 Å². The lowest BCUT2D eigenvalue weighted by atomic mass is 9.77. The molecular weight excluding hydrogens is 322 g/mol. The topological polar surface area (TPSA) is 46.6 Å². The molecule has 4 nitrogen and oxygen atoms in total. The van der Waals surface area contributed by atoms with Crippen molar-refractivity contribution in [3.63, 3.8) is 0 Å². The second kappa shape index (κ2) is 6.22. The van der Waals surface area contributed by atoms with Gasteiger partial charge >= 0.3 is 0 Å². The van der Waals surface area contributed by atoms with Gasteiger partial charge in [-0.25, -0.2) is 8.42 Å². The van der Waals surface area contributed by atoms with E-state index in [1.165, 1.54) is 11.8 Å². The number of aryl methyl sites for hydroxylation is 1. The van der Waals surface area contributed by atoms with Crippen molar-refractivity contribution >= 4 is 10.0 Å². The van der Waals surface area contributed by atoms with E-state index in [1.54, 1.807) is 11.4 Å². The number of benzene rings is 2. The molecule has 0 amide bonds. The highest BCUT2D eigenvalue weighted by Gasteiger charge is 2.51. The lowest BCUT2D eigenvalue weighted by molar-refractivity contribution is 0.0303. The normalized spacial score (nSPS) is 24.4. The summed E-state index contributed by atoms with van der Waals surface area (Å²) < 4.78 is 31.7. The molecule has 1 saturated heterocycles. The Bertz CT molecular complexity index is 813. The van der Waals surface area contributed by atoms with Crippen LogP contribution in [-0.2, 0) is 10.0 Å². The van der Waals surface area contributed by atoms with E-state index in [-0.39, 0.29) is 18.0 Å². The van der Waals surface area contributed by atoms with Crippen LogP contribution in [0.5, 0.6) is 5.75 Å². The summed E-state index contributed by atoms with van der Waals surface area (Å²) >= 11 is 0. The highest BCUT2D eigenvalue weighted by atomic mass is 32.2. The molecule has 1 heterocycles. The fraction of sp³-hybridized carbons (Fsp3) is 0.368. The first-order chi connectivity index (χ1) is 11.3. The Morgan fingerprint density at radius 3 is 1.79 bits per heavy atom. The highest BCUT2D eigenvalue weighted by molar-refractivity contribution is 7.88. The van der Waals surface area contributed by atoms with E-state index in [2.05, 4.69) is 6.92 Å². The van der Waals surface area contributed by atoms with Crippen molar-refractivity contribution < 1.29 is 13.2 Å². The van der Waals surface area contributed by atoms with E-state index in [4.69, 9.17) is 4.74 Å². The molecule has 128 valence electrons. The first-order valence-electron chi connectivity index (χ1n) is 8.02. The Hall–Kier alpha value is -1.85. The lowest BCUT2D eigenvalue weighted by Gasteiger charge is -2.52. The predicted octanol–water partition coefficient (Wildman–Crippen LogP) is 3.70. The van der Waals surface area contributed by atoms with Gasteiger partial charge in [0.05, 0.1) is 25.4 Å². The summed E-state index contributed by atoms with van der Waals surface area (Å²) in [6.07, 6.45) is 1.29. The minimum Gasteiger partial charge on any atom is -0.497 e. The fourth-order valence-electron chi connectivity index (χ4n) is 3.59. The van der Waals surface area contributed by atoms with Crippen LogP contribution in [0.2, 0.25) is 0 Å². The van der Waals surface area contributed by atoms with Gasteiger partial charge in [-0.15, -0.1) is 0 Å². The van der Waals surface area contributed by atoms with Gasteiger partial charge in [-0.1, -0.05) is 48.9 Å². The third kappa shape index (κ3) is 2.94. The standard InChI is InChI=1S/C19H23NO3S/c1-13-5-7-15(8-6-13)18-14(2)19(20(18)24(4,21)22)16-9-11-17(23-3)12-10-16/h5-12,14,18-19H,1-4H3/t14-,18+,19-/m1/s1. The number of ether oxygens (including phenoxy) is 1. The molecule has 0 unspecified atom stereocenters. The molecule has 0 radical (unpaired) electrons. The summed E-state index contributed by atoms with van der Waals surface area (Å²) in [6, 6.07) is 15.5. The maximum absolute atomic E-state index is 12.4. The predicted molar refractivity (Wildman–Crippen MR) is 95.5 cm³/mol. The summed E-state index contributed by atoms with van der Waals surface area (Å²) in [5.74, 6) is 0.975. The monoisotopic (exact) mass is 345 g/mol. The second-order valence-electron chi connectivity index (χ2n) is 6.53. The quantitative estimate of drug-likeness (QED) is 0.849. The Balaban J connectivity index is 1.97. The number of sulfonamides is 1. The number of hydrogen-bond acceptors (Lipinski definition) is 3. The van der Waals surface area contributed by atoms with Crippen LogP contribution in [0.25, 0.3) is 0 Å². The Kier molecular flexibility index (Phi) is 4.40. The lowest BCUT2D eigenvalue weighted by Crippen LogP contribution is -2.53. The van der Waals surface area contributed by atoms with E-state index in [0.29, 0.717) is 0 Å². The van der Waals surface area contributed by atoms with E-state index in [9.17, 15) is 8.42 Å². The molecule has 3 atom stereocenters. The molecule has 1 aliphatic rings. The van der Waals surface area contributed by atoms with Crippen molar-refractivity contribution in [2.75, 3.05) is 13.4 Å². The molecular formula is C19H23NO3S. The third-order valence-corrected chi connectivity index (χ3v) is 6.02. The van der Waals surface area contributed by atoms with Crippen LogP contribution in [0, 0.1) is 12.8 Å². The SMILES string of the molecule is COc1ccc([C@H]2[C@H](C)[C@@H](c3ccc(C)cc3)N2S(C)(=O)=O)cc1. The summed E-state index contributed by atoms with van der Waals surface area (Å²) in [5, 5.41) is 0. The van der Waals surface area contributed by atoms with Crippen molar-refractivity contribution in [2.24, 2.45) is 5.92 Å². The molecule has 0 bridgehead atoms. The molecule has 1 fully saturated rings. The zero-order chi connectivity index (χ0) is 17.5. The maximum atomic E-state index is 12.4. The van der Waals surface area contributed by atoms with Crippen molar-refractivity contribution in [2.45, 2.75) is 25.9 Å². The molecule has 5 heteroatoms. The van der Waals surface area contributed by atoms with Crippen molar-refractivity contribution in [3.8, 4) is 5.75 Å². The van der Waals surface area contributed by atoms with E-state index >= 15 is 0 Å². The molecule has 24 heavy (non-hydrogen) atoms. The molecule has 2 aromatic carbocycles. The van der Waals surface area contributed by atoms with Gasteiger partial charge in [0.15, 0.2) is 0 Å². The average molecular weight is 345 g/mol. The van der Waals surface area contributed by atoms with Gasteiger partial charge in [0, 0.05) is 0 Å². The molecule has 0 spiro atoms. The maximum Gasteiger partial charge on any atom is 0.212 e. The van der Waals surface area contributed by atoms with Crippen molar-refractivity contribution in [3.05, 3.63) is 65.2 Å². The van der Waals surface area contributed by atoms with Gasteiger partial charge in [-0.05, 0) is 36.1 Å². The summed E-state index contributed by atoms with van der Waals surface area (Å²) in [6.45, 7) is 4.14. The van der Waals surface area contributed by atoms with E-state index < -0.39 is 10.0 Å². The van der Waals surface area contributed by atoms with Gasteiger partial charge < -0.3 is 4.74 Å². The number of hydrogen-bond donors (Lipinski definition) is 0. The first-order valence-corrected chi connectivity index (χ1v) is 9.87. The summed E-state index contributed by atoms with van der Waals surface area (Å²) in [4.78, 5) is 0. The minimum absolute atomic E-state index is 0.118. The zero-order valence-electron chi connectivity index (χ0n) is 14.4. The smallest absolute Gasteiger partial charge is 0.212 e. The number of rotatable bonds is 4. The Labute approximate surface area is 144 Å². The van der Waals surface area contributed by atoms with Crippen molar-refractivity contribution in [1.82, 2.24) is 4.31 Å². The largest absolute Gasteiger partial charge is 0.497 e. The molecule has 0 N–H and O–H groups in total. The van der Waals surface area contributed by atoms with Gasteiger partial charge in [0.25, 0.3) is 0 Å². The Morgan fingerprint density at radius 2 is 1.38 bits per heavy atom. The molecule has 2 aromatic rings. The number of nitrogens with zero attached hydrogens (tertiary/aromatic N) is 1. The first kappa shape index (κ1) is 17.0.